The lowest BCUT2D eigenvalue weighted by molar-refractivity contribution is 0.738. The summed E-state index contributed by atoms with van der Waals surface area (Å²) in [6.07, 6.45) is 0. The zero-order valence-electron chi connectivity index (χ0n) is 5.85. The van der Waals surface area contributed by atoms with E-state index in [2.05, 4.69) is 10.3 Å². The molecule has 0 bridgehead atoms. The van der Waals surface area contributed by atoms with Gasteiger partial charge in [0.25, 0.3) is 0 Å². The molecule has 52 valence electrons. The Morgan fingerprint density at radius 2 is 2.44 bits per heavy atom. The SMILES string of the molecule is CC(C)=NC1NCCS1. The van der Waals surface area contributed by atoms with Gasteiger partial charge in [-0.15, -0.1) is 11.8 Å². The number of hydrogen-bond acceptors (Lipinski definition) is 3. The fourth-order valence-electron chi connectivity index (χ4n) is 0.729. The van der Waals surface area contributed by atoms with Gasteiger partial charge >= 0.3 is 0 Å². The van der Waals surface area contributed by atoms with E-state index in [9.17, 15) is 0 Å². The Labute approximate surface area is 60.1 Å². The monoisotopic (exact) mass is 144 g/mol. The van der Waals surface area contributed by atoms with E-state index in [1.807, 2.05) is 25.6 Å². The van der Waals surface area contributed by atoms with Gasteiger partial charge in [0.2, 0.25) is 0 Å². The highest BCUT2D eigenvalue weighted by Gasteiger charge is 2.11. The molecule has 3 heteroatoms. The van der Waals surface area contributed by atoms with Gasteiger partial charge in [0.15, 0.2) is 0 Å². The van der Waals surface area contributed by atoms with Crippen LogP contribution in [-0.4, -0.2) is 23.5 Å². The lowest BCUT2D eigenvalue weighted by Crippen LogP contribution is -2.17. The lowest BCUT2D eigenvalue weighted by Gasteiger charge is -2.01. The third-order valence-corrected chi connectivity index (χ3v) is 2.10. The van der Waals surface area contributed by atoms with Crippen molar-refractivity contribution in [1.82, 2.24) is 5.32 Å². The van der Waals surface area contributed by atoms with Gasteiger partial charge in [0.1, 0.15) is 5.50 Å². The molecule has 0 radical (unpaired) electrons. The fourth-order valence-corrected chi connectivity index (χ4v) is 1.71. The van der Waals surface area contributed by atoms with Crippen LogP contribution >= 0.6 is 11.8 Å². The first-order valence-electron chi connectivity index (χ1n) is 3.15. The Bertz CT molecular complexity index is 112. The van der Waals surface area contributed by atoms with Crippen molar-refractivity contribution >= 4 is 17.5 Å². The van der Waals surface area contributed by atoms with Gasteiger partial charge in [0.05, 0.1) is 0 Å². The highest BCUT2D eigenvalue weighted by Crippen LogP contribution is 2.14. The minimum absolute atomic E-state index is 0.343. The second-order valence-electron chi connectivity index (χ2n) is 2.25. The molecule has 2 nitrogen and oxygen atoms in total. The maximum atomic E-state index is 4.34. The zero-order chi connectivity index (χ0) is 6.69. The van der Waals surface area contributed by atoms with Crippen molar-refractivity contribution in [3.8, 4) is 0 Å². The topological polar surface area (TPSA) is 24.4 Å². The molecule has 1 aliphatic rings. The van der Waals surface area contributed by atoms with Crippen LogP contribution in [0, 0.1) is 0 Å². The van der Waals surface area contributed by atoms with Crippen LogP contribution in [0.15, 0.2) is 4.99 Å². The minimum Gasteiger partial charge on any atom is -0.286 e. The number of hydrogen-bond donors (Lipinski definition) is 1. The van der Waals surface area contributed by atoms with E-state index in [1.165, 1.54) is 5.75 Å². The predicted octanol–water partition coefficient (Wildman–Crippen LogP) is 1.09. The summed E-state index contributed by atoms with van der Waals surface area (Å²) in [5.74, 6) is 1.20. The highest BCUT2D eigenvalue weighted by molar-refractivity contribution is 8.00. The van der Waals surface area contributed by atoms with E-state index in [0.717, 1.165) is 12.3 Å². The molecule has 9 heavy (non-hydrogen) atoms. The number of thioether (sulfide) groups is 1. The summed E-state index contributed by atoms with van der Waals surface area (Å²) in [6.45, 7) is 5.16. The van der Waals surface area contributed by atoms with Crippen LogP contribution in [-0.2, 0) is 0 Å². The molecule has 0 aromatic rings. The van der Waals surface area contributed by atoms with E-state index in [0.29, 0.717) is 5.50 Å². The average molecular weight is 144 g/mol. The molecule has 0 spiro atoms. The fraction of sp³-hybridized carbons (Fsp3) is 0.833. The Morgan fingerprint density at radius 1 is 1.67 bits per heavy atom. The molecule has 1 unspecified atom stereocenters. The summed E-state index contributed by atoms with van der Waals surface area (Å²) in [6, 6.07) is 0. The van der Waals surface area contributed by atoms with E-state index in [1.54, 1.807) is 0 Å². The summed E-state index contributed by atoms with van der Waals surface area (Å²) in [4.78, 5) is 4.34. The van der Waals surface area contributed by atoms with Gasteiger partial charge in [-0.2, -0.15) is 0 Å². The third kappa shape index (κ3) is 2.37. The minimum atomic E-state index is 0.343. The smallest absolute Gasteiger partial charge is 0.146 e. The van der Waals surface area contributed by atoms with Gasteiger partial charge in [-0.3, -0.25) is 10.3 Å². The maximum Gasteiger partial charge on any atom is 0.146 e. The van der Waals surface area contributed by atoms with Crippen molar-refractivity contribution < 1.29 is 0 Å². The standard InChI is InChI=1S/C6H12N2S/c1-5(2)8-6-7-3-4-9-6/h6-7H,3-4H2,1-2H3. The molecule has 1 aliphatic heterocycles. The molecule has 1 heterocycles. The molecule has 1 atom stereocenters. The summed E-state index contributed by atoms with van der Waals surface area (Å²) < 4.78 is 0. The number of nitrogens with zero attached hydrogens (tertiary/aromatic N) is 1. The predicted molar refractivity (Wildman–Crippen MR) is 43.0 cm³/mol. The van der Waals surface area contributed by atoms with E-state index in [-0.39, 0.29) is 0 Å². The summed E-state index contributed by atoms with van der Waals surface area (Å²) in [5.41, 5.74) is 1.50. The van der Waals surface area contributed by atoms with E-state index < -0.39 is 0 Å². The summed E-state index contributed by atoms with van der Waals surface area (Å²) in [5, 5.41) is 3.26. The third-order valence-electron chi connectivity index (χ3n) is 1.07. The summed E-state index contributed by atoms with van der Waals surface area (Å²) in [7, 11) is 0. The first-order chi connectivity index (χ1) is 4.29. The van der Waals surface area contributed by atoms with Crippen LogP contribution in [0.4, 0.5) is 0 Å². The maximum absolute atomic E-state index is 4.34. The lowest BCUT2D eigenvalue weighted by atomic mass is 10.5. The molecule has 1 rings (SSSR count). The highest BCUT2D eigenvalue weighted by atomic mass is 32.2. The second kappa shape index (κ2) is 3.22. The number of nitrogens with one attached hydrogen (secondary N) is 1. The van der Waals surface area contributed by atoms with Crippen LogP contribution in [0.3, 0.4) is 0 Å². The molecule has 1 N–H and O–H groups in total. The molecule has 0 aliphatic carbocycles. The van der Waals surface area contributed by atoms with Gasteiger partial charge < -0.3 is 0 Å². The van der Waals surface area contributed by atoms with Crippen molar-refractivity contribution in [3.05, 3.63) is 0 Å². The van der Waals surface area contributed by atoms with Gasteiger partial charge in [0, 0.05) is 18.0 Å². The van der Waals surface area contributed by atoms with Crippen LogP contribution in [0.5, 0.6) is 0 Å². The molecule has 1 fully saturated rings. The van der Waals surface area contributed by atoms with E-state index >= 15 is 0 Å². The molecule has 1 saturated heterocycles. The largest absolute Gasteiger partial charge is 0.286 e. The second-order valence-corrected chi connectivity index (χ2v) is 3.44. The average Bonchev–Trinajstić information content (AvgIpc) is 2.15. The molecule has 0 aromatic heterocycles. The molecule has 0 aromatic carbocycles. The first kappa shape index (κ1) is 7.09. The van der Waals surface area contributed by atoms with Crippen molar-refractivity contribution in [3.63, 3.8) is 0 Å². The van der Waals surface area contributed by atoms with Crippen molar-refractivity contribution in [1.29, 1.82) is 0 Å². The van der Waals surface area contributed by atoms with Crippen LogP contribution in [0.2, 0.25) is 0 Å². The Morgan fingerprint density at radius 3 is 2.89 bits per heavy atom. The quantitative estimate of drug-likeness (QED) is 0.557. The molecule has 0 amide bonds. The van der Waals surface area contributed by atoms with Crippen LogP contribution in [0.25, 0.3) is 0 Å². The molecular weight excluding hydrogens is 132 g/mol. The van der Waals surface area contributed by atoms with Crippen molar-refractivity contribution in [2.24, 2.45) is 4.99 Å². The normalized spacial score (nSPS) is 26.2. The Kier molecular flexibility index (Phi) is 2.54. The Hall–Kier alpha value is -0.0200. The van der Waals surface area contributed by atoms with Crippen LogP contribution in [0.1, 0.15) is 13.8 Å². The summed E-state index contributed by atoms with van der Waals surface area (Å²) >= 11 is 1.87. The Balaban J connectivity index is 2.35. The van der Waals surface area contributed by atoms with Gasteiger partial charge in [-0.25, -0.2) is 0 Å². The zero-order valence-corrected chi connectivity index (χ0v) is 6.66. The van der Waals surface area contributed by atoms with Gasteiger partial charge in [-0.1, -0.05) is 0 Å². The van der Waals surface area contributed by atoms with Crippen molar-refractivity contribution in [2.75, 3.05) is 12.3 Å². The van der Waals surface area contributed by atoms with Gasteiger partial charge in [-0.05, 0) is 13.8 Å². The van der Waals surface area contributed by atoms with E-state index in [4.69, 9.17) is 0 Å². The first-order valence-corrected chi connectivity index (χ1v) is 4.20. The number of aliphatic imine (C=N–C) groups is 1. The molecule has 0 saturated carbocycles. The van der Waals surface area contributed by atoms with Crippen LogP contribution < -0.4 is 5.32 Å². The van der Waals surface area contributed by atoms with Crippen molar-refractivity contribution in [2.45, 2.75) is 19.3 Å². The number of rotatable bonds is 1. The molecular formula is C6H12N2S.